The zero-order valence-electron chi connectivity index (χ0n) is 12.8. The fourth-order valence-electron chi connectivity index (χ4n) is 1.97. The molecule has 0 aliphatic heterocycles. The number of nitrogens with one attached hydrogen (secondary N) is 1. The van der Waals surface area contributed by atoms with E-state index in [1.165, 1.54) is 28.3 Å². The number of hydrogen-bond donors (Lipinski definition) is 1. The Balaban J connectivity index is 2.20. The molecular formula is C17H25NO2. The number of carbonyl (C=O) groups is 1. The zero-order chi connectivity index (χ0) is 15.0. The maximum atomic E-state index is 10.9. The number of hydrogen-bond acceptors (Lipinski definition) is 2. The molecule has 1 amide bonds. The van der Waals surface area contributed by atoms with Gasteiger partial charge in [0.1, 0.15) is 0 Å². The number of ether oxygens (including phenoxy) is 1. The highest BCUT2D eigenvalue weighted by atomic mass is 16.5. The van der Waals surface area contributed by atoms with Crippen LogP contribution in [0.4, 0.5) is 0 Å². The molecule has 0 saturated carbocycles. The lowest BCUT2D eigenvalue weighted by Crippen LogP contribution is -2.22. The number of amides is 1. The SMILES string of the molecule is C=CC(=O)NCCCCOCc1cc(C)c(C)cc1C. The van der Waals surface area contributed by atoms with Gasteiger partial charge in [0.25, 0.3) is 0 Å². The molecule has 0 saturated heterocycles. The average molecular weight is 275 g/mol. The van der Waals surface area contributed by atoms with E-state index in [0.29, 0.717) is 13.2 Å². The van der Waals surface area contributed by atoms with Crippen molar-refractivity contribution < 1.29 is 9.53 Å². The van der Waals surface area contributed by atoms with Crippen LogP contribution < -0.4 is 5.32 Å². The third-order valence-electron chi connectivity index (χ3n) is 3.41. The summed E-state index contributed by atoms with van der Waals surface area (Å²) in [5, 5.41) is 2.75. The molecule has 1 aromatic rings. The summed E-state index contributed by atoms with van der Waals surface area (Å²) in [6.45, 7) is 11.8. The Morgan fingerprint density at radius 3 is 2.60 bits per heavy atom. The van der Waals surface area contributed by atoms with Gasteiger partial charge in [0.15, 0.2) is 0 Å². The molecule has 3 heteroatoms. The monoisotopic (exact) mass is 275 g/mol. The van der Waals surface area contributed by atoms with Gasteiger partial charge in [0.2, 0.25) is 5.91 Å². The molecule has 0 fully saturated rings. The minimum absolute atomic E-state index is 0.114. The number of unbranched alkanes of at least 4 members (excludes halogenated alkanes) is 1. The van der Waals surface area contributed by atoms with E-state index in [2.05, 4.69) is 44.8 Å². The van der Waals surface area contributed by atoms with E-state index in [0.717, 1.165) is 19.4 Å². The van der Waals surface area contributed by atoms with Gasteiger partial charge in [-0.2, -0.15) is 0 Å². The Morgan fingerprint density at radius 1 is 1.20 bits per heavy atom. The Labute approximate surface area is 122 Å². The van der Waals surface area contributed by atoms with E-state index < -0.39 is 0 Å². The molecule has 1 N–H and O–H groups in total. The molecule has 0 aliphatic carbocycles. The van der Waals surface area contributed by atoms with Crippen molar-refractivity contribution in [1.82, 2.24) is 5.32 Å². The summed E-state index contributed by atoms with van der Waals surface area (Å²) >= 11 is 0. The van der Waals surface area contributed by atoms with Crippen molar-refractivity contribution in [2.75, 3.05) is 13.2 Å². The first-order chi connectivity index (χ1) is 9.54. The Hall–Kier alpha value is -1.61. The van der Waals surface area contributed by atoms with Crippen molar-refractivity contribution in [1.29, 1.82) is 0 Å². The molecule has 20 heavy (non-hydrogen) atoms. The van der Waals surface area contributed by atoms with E-state index in [1.54, 1.807) is 0 Å². The second-order valence-corrected chi connectivity index (χ2v) is 5.12. The largest absolute Gasteiger partial charge is 0.377 e. The maximum Gasteiger partial charge on any atom is 0.243 e. The first kappa shape index (κ1) is 16.4. The van der Waals surface area contributed by atoms with Gasteiger partial charge in [-0.3, -0.25) is 4.79 Å². The third-order valence-corrected chi connectivity index (χ3v) is 3.41. The molecule has 0 aliphatic rings. The number of benzene rings is 1. The molecule has 0 heterocycles. The van der Waals surface area contributed by atoms with E-state index in [4.69, 9.17) is 4.74 Å². The number of aryl methyl sites for hydroxylation is 3. The van der Waals surface area contributed by atoms with Crippen LogP contribution in [0.25, 0.3) is 0 Å². The quantitative estimate of drug-likeness (QED) is 0.584. The summed E-state index contributed by atoms with van der Waals surface area (Å²) in [6, 6.07) is 4.41. The van der Waals surface area contributed by atoms with Crippen LogP contribution in [0.2, 0.25) is 0 Å². The Kier molecular flexibility index (Phi) is 7.02. The standard InChI is InChI=1S/C17H25NO2/c1-5-17(19)18-8-6-7-9-20-12-16-11-14(3)13(2)10-15(16)4/h5,10-11H,1,6-9,12H2,2-4H3,(H,18,19). The Bertz CT molecular complexity index is 466. The van der Waals surface area contributed by atoms with Crippen LogP contribution in [0.1, 0.15) is 35.1 Å². The molecule has 0 radical (unpaired) electrons. The summed E-state index contributed by atoms with van der Waals surface area (Å²) in [7, 11) is 0. The van der Waals surface area contributed by atoms with Gasteiger partial charge in [-0.25, -0.2) is 0 Å². The van der Waals surface area contributed by atoms with Gasteiger partial charge in [-0.1, -0.05) is 18.7 Å². The highest BCUT2D eigenvalue weighted by molar-refractivity contribution is 5.86. The van der Waals surface area contributed by atoms with Crippen molar-refractivity contribution in [3.05, 3.63) is 47.0 Å². The van der Waals surface area contributed by atoms with Gasteiger partial charge in [0.05, 0.1) is 6.61 Å². The normalized spacial score (nSPS) is 10.3. The van der Waals surface area contributed by atoms with Crippen LogP contribution in [0.3, 0.4) is 0 Å². The molecule has 0 aromatic heterocycles. The van der Waals surface area contributed by atoms with E-state index in [1.807, 2.05) is 0 Å². The Morgan fingerprint density at radius 2 is 1.90 bits per heavy atom. The first-order valence-electron chi connectivity index (χ1n) is 7.09. The van der Waals surface area contributed by atoms with Gasteiger partial charge in [-0.05, 0) is 61.9 Å². The van der Waals surface area contributed by atoms with Crippen molar-refractivity contribution in [3.8, 4) is 0 Å². The molecule has 110 valence electrons. The van der Waals surface area contributed by atoms with Crippen molar-refractivity contribution in [3.63, 3.8) is 0 Å². The second-order valence-electron chi connectivity index (χ2n) is 5.12. The van der Waals surface area contributed by atoms with Crippen molar-refractivity contribution >= 4 is 5.91 Å². The molecular weight excluding hydrogens is 250 g/mol. The molecule has 0 atom stereocenters. The molecule has 0 unspecified atom stereocenters. The fraction of sp³-hybridized carbons (Fsp3) is 0.471. The predicted molar refractivity (Wildman–Crippen MR) is 82.7 cm³/mol. The fourth-order valence-corrected chi connectivity index (χ4v) is 1.97. The van der Waals surface area contributed by atoms with Gasteiger partial charge >= 0.3 is 0 Å². The third kappa shape index (κ3) is 5.57. The highest BCUT2D eigenvalue weighted by Crippen LogP contribution is 2.16. The second kappa shape index (κ2) is 8.54. The number of rotatable bonds is 8. The molecule has 1 rings (SSSR count). The maximum absolute atomic E-state index is 10.9. The summed E-state index contributed by atoms with van der Waals surface area (Å²) < 4.78 is 5.70. The molecule has 0 spiro atoms. The predicted octanol–water partition coefficient (Wildman–Crippen LogP) is 3.21. The van der Waals surface area contributed by atoms with E-state index >= 15 is 0 Å². The van der Waals surface area contributed by atoms with Crippen LogP contribution in [0.5, 0.6) is 0 Å². The number of carbonyl (C=O) groups excluding carboxylic acids is 1. The van der Waals surface area contributed by atoms with Gasteiger partial charge in [-0.15, -0.1) is 0 Å². The van der Waals surface area contributed by atoms with E-state index in [-0.39, 0.29) is 5.91 Å². The van der Waals surface area contributed by atoms with Gasteiger partial charge in [0, 0.05) is 13.2 Å². The summed E-state index contributed by atoms with van der Waals surface area (Å²) in [6.07, 6.45) is 3.16. The lowest BCUT2D eigenvalue weighted by molar-refractivity contribution is -0.116. The average Bonchev–Trinajstić information content (AvgIpc) is 2.42. The van der Waals surface area contributed by atoms with Crippen LogP contribution in [0, 0.1) is 20.8 Å². The van der Waals surface area contributed by atoms with Crippen LogP contribution in [0.15, 0.2) is 24.8 Å². The van der Waals surface area contributed by atoms with Crippen molar-refractivity contribution in [2.45, 2.75) is 40.2 Å². The van der Waals surface area contributed by atoms with Crippen LogP contribution >= 0.6 is 0 Å². The summed E-state index contributed by atoms with van der Waals surface area (Å²) in [4.78, 5) is 10.9. The molecule has 0 bridgehead atoms. The summed E-state index contributed by atoms with van der Waals surface area (Å²) in [5.41, 5.74) is 5.17. The first-order valence-corrected chi connectivity index (χ1v) is 7.09. The topological polar surface area (TPSA) is 38.3 Å². The van der Waals surface area contributed by atoms with Crippen molar-refractivity contribution in [2.24, 2.45) is 0 Å². The van der Waals surface area contributed by atoms with Crippen LogP contribution in [-0.2, 0) is 16.1 Å². The highest BCUT2D eigenvalue weighted by Gasteiger charge is 2.02. The van der Waals surface area contributed by atoms with E-state index in [9.17, 15) is 4.79 Å². The summed E-state index contributed by atoms with van der Waals surface area (Å²) in [5.74, 6) is -0.114. The van der Waals surface area contributed by atoms with Gasteiger partial charge < -0.3 is 10.1 Å². The lowest BCUT2D eigenvalue weighted by Gasteiger charge is -2.10. The minimum Gasteiger partial charge on any atom is -0.377 e. The molecule has 3 nitrogen and oxygen atoms in total. The smallest absolute Gasteiger partial charge is 0.243 e. The van der Waals surface area contributed by atoms with Crippen LogP contribution in [-0.4, -0.2) is 19.1 Å². The molecule has 1 aromatic carbocycles. The minimum atomic E-state index is -0.114. The zero-order valence-corrected chi connectivity index (χ0v) is 12.8. The lowest BCUT2D eigenvalue weighted by atomic mass is 10.0.